The number of benzene rings is 1. The molecule has 0 aromatic heterocycles. The van der Waals surface area contributed by atoms with E-state index in [1.165, 1.54) is 0 Å². The molecule has 0 aliphatic heterocycles. The van der Waals surface area contributed by atoms with Crippen LogP contribution < -0.4 is 4.74 Å². The molecule has 2 atom stereocenters. The zero-order valence-corrected chi connectivity index (χ0v) is 8.57. The van der Waals surface area contributed by atoms with Gasteiger partial charge in [0.1, 0.15) is 11.9 Å². The first kappa shape index (κ1) is 9.81. The van der Waals surface area contributed by atoms with E-state index in [1.54, 1.807) is 6.07 Å². The summed E-state index contributed by atoms with van der Waals surface area (Å²) < 4.78 is 5.64. The average Bonchev–Trinajstić information content (AvgIpc) is 2.56. The molecule has 2 rings (SSSR count). The highest BCUT2D eigenvalue weighted by Gasteiger charge is 2.27. The van der Waals surface area contributed by atoms with Crippen LogP contribution >= 0.6 is 11.6 Å². The predicted octanol–water partition coefficient (Wildman–Crippen LogP) is 2.63. The van der Waals surface area contributed by atoms with E-state index in [9.17, 15) is 5.11 Å². The Kier molecular flexibility index (Phi) is 2.94. The zero-order chi connectivity index (χ0) is 9.97. The molecule has 0 amide bonds. The maximum Gasteiger partial charge on any atom is 0.138 e. The van der Waals surface area contributed by atoms with Gasteiger partial charge in [-0.3, -0.25) is 0 Å². The quantitative estimate of drug-likeness (QED) is 0.817. The second kappa shape index (κ2) is 4.20. The van der Waals surface area contributed by atoms with Gasteiger partial charge in [0.15, 0.2) is 0 Å². The van der Waals surface area contributed by atoms with Gasteiger partial charge in [-0.2, -0.15) is 0 Å². The molecule has 14 heavy (non-hydrogen) atoms. The first-order valence-electron chi connectivity index (χ1n) is 4.86. The summed E-state index contributed by atoms with van der Waals surface area (Å²) in [5.41, 5.74) is 0. The van der Waals surface area contributed by atoms with Crippen LogP contribution in [0.4, 0.5) is 0 Å². The summed E-state index contributed by atoms with van der Waals surface area (Å²) in [6.07, 6.45) is 2.33. The largest absolute Gasteiger partial charge is 0.486 e. The molecule has 1 aromatic rings. The van der Waals surface area contributed by atoms with Crippen molar-refractivity contribution in [2.75, 3.05) is 0 Å². The molecule has 3 heteroatoms. The Labute approximate surface area is 88.5 Å². The number of ether oxygens (including phenoxy) is 1. The number of rotatable bonds is 2. The summed E-state index contributed by atoms with van der Waals surface area (Å²) in [7, 11) is 0. The van der Waals surface area contributed by atoms with E-state index in [2.05, 4.69) is 0 Å². The average molecular weight is 213 g/mol. The molecule has 2 nitrogen and oxygen atoms in total. The summed E-state index contributed by atoms with van der Waals surface area (Å²) in [5.74, 6) is 0.667. The van der Waals surface area contributed by atoms with Crippen molar-refractivity contribution in [2.24, 2.45) is 0 Å². The van der Waals surface area contributed by atoms with Crippen LogP contribution in [0.3, 0.4) is 0 Å². The van der Waals surface area contributed by atoms with Crippen LogP contribution in [0.15, 0.2) is 24.3 Å². The third kappa shape index (κ3) is 2.02. The van der Waals surface area contributed by atoms with E-state index >= 15 is 0 Å². The lowest BCUT2D eigenvalue weighted by atomic mass is 10.2. The van der Waals surface area contributed by atoms with Gasteiger partial charge in [0.05, 0.1) is 11.1 Å². The van der Waals surface area contributed by atoms with E-state index in [0.29, 0.717) is 10.8 Å². The minimum atomic E-state index is -0.341. The topological polar surface area (TPSA) is 29.5 Å². The third-order valence-corrected chi connectivity index (χ3v) is 2.84. The summed E-state index contributed by atoms with van der Waals surface area (Å²) in [5, 5.41) is 10.2. The Balaban J connectivity index is 2.07. The molecule has 1 aromatic carbocycles. The maximum atomic E-state index is 9.57. The first-order valence-corrected chi connectivity index (χ1v) is 5.24. The fourth-order valence-electron chi connectivity index (χ4n) is 1.75. The normalized spacial score (nSPS) is 26.4. The SMILES string of the molecule is OC1CCCC1Oc1ccccc1Cl. The molecule has 1 N–H and O–H groups in total. The lowest BCUT2D eigenvalue weighted by Crippen LogP contribution is -2.25. The molecule has 1 aliphatic rings. The van der Waals surface area contributed by atoms with E-state index in [-0.39, 0.29) is 12.2 Å². The standard InChI is InChI=1S/C11H13ClO2/c12-8-4-1-2-6-10(8)14-11-7-3-5-9(11)13/h1-2,4,6,9,11,13H,3,5,7H2. The van der Waals surface area contributed by atoms with Gasteiger partial charge in [-0.25, -0.2) is 0 Å². The van der Waals surface area contributed by atoms with E-state index < -0.39 is 0 Å². The summed E-state index contributed by atoms with van der Waals surface area (Å²) >= 11 is 5.94. The van der Waals surface area contributed by atoms with Gasteiger partial charge < -0.3 is 9.84 Å². The fraction of sp³-hybridized carbons (Fsp3) is 0.455. The van der Waals surface area contributed by atoms with Crippen molar-refractivity contribution in [1.29, 1.82) is 0 Å². The Morgan fingerprint density at radius 3 is 2.71 bits per heavy atom. The number of hydrogen-bond donors (Lipinski definition) is 1. The lowest BCUT2D eigenvalue weighted by Gasteiger charge is -2.17. The van der Waals surface area contributed by atoms with Gasteiger partial charge in [-0.15, -0.1) is 0 Å². The molecular formula is C11H13ClO2. The second-order valence-electron chi connectivity index (χ2n) is 3.58. The Morgan fingerprint density at radius 2 is 2.07 bits per heavy atom. The highest BCUT2D eigenvalue weighted by molar-refractivity contribution is 6.32. The predicted molar refractivity (Wildman–Crippen MR) is 55.7 cm³/mol. The number of halogens is 1. The van der Waals surface area contributed by atoms with Crippen LogP contribution in [-0.4, -0.2) is 17.3 Å². The molecule has 0 saturated heterocycles. The van der Waals surface area contributed by atoms with Crippen molar-refractivity contribution in [3.63, 3.8) is 0 Å². The lowest BCUT2D eigenvalue weighted by molar-refractivity contribution is 0.0605. The number of aliphatic hydroxyl groups excluding tert-OH is 1. The minimum absolute atomic E-state index is 0.0881. The Hall–Kier alpha value is -0.730. The van der Waals surface area contributed by atoms with Crippen LogP contribution in [0.1, 0.15) is 19.3 Å². The third-order valence-electron chi connectivity index (χ3n) is 2.53. The minimum Gasteiger partial charge on any atom is -0.486 e. The summed E-state index contributed by atoms with van der Waals surface area (Å²) in [6, 6.07) is 7.36. The molecule has 1 fully saturated rings. The first-order chi connectivity index (χ1) is 6.77. The highest BCUT2D eigenvalue weighted by Crippen LogP contribution is 2.29. The van der Waals surface area contributed by atoms with Crippen LogP contribution in [0.5, 0.6) is 5.75 Å². The van der Waals surface area contributed by atoms with Gasteiger partial charge in [0, 0.05) is 0 Å². The van der Waals surface area contributed by atoms with E-state index in [0.717, 1.165) is 19.3 Å². The second-order valence-corrected chi connectivity index (χ2v) is 3.99. The van der Waals surface area contributed by atoms with Gasteiger partial charge in [0.25, 0.3) is 0 Å². The smallest absolute Gasteiger partial charge is 0.138 e. The number of hydrogen-bond acceptors (Lipinski definition) is 2. The fourth-order valence-corrected chi connectivity index (χ4v) is 1.93. The van der Waals surface area contributed by atoms with Crippen molar-refractivity contribution in [2.45, 2.75) is 31.5 Å². The Morgan fingerprint density at radius 1 is 1.29 bits per heavy atom. The van der Waals surface area contributed by atoms with Crippen molar-refractivity contribution >= 4 is 11.6 Å². The molecule has 0 heterocycles. The summed E-state index contributed by atoms with van der Waals surface area (Å²) in [6.45, 7) is 0. The molecule has 1 aliphatic carbocycles. The van der Waals surface area contributed by atoms with Crippen molar-refractivity contribution < 1.29 is 9.84 Å². The molecule has 76 valence electrons. The maximum absolute atomic E-state index is 9.57. The molecule has 0 bridgehead atoms. The van der Waals surface area contributed by atoms with Crippen LogP contribution in [0, 0.1) is 0 Å². The van der Waals surface area contributed by atoms with Crippen LogP contribution in [0.2, 0.25) is 5.02 Å². The highest BCUT2D eigenvalue weighted by atomic mass is 35.5. The van der Waals surface area contributed by atoms with Gasteiger partial charge in [0.2, 0.25) is 0 Å². The molecule has 2 unspecified atom stereocenters. The van der Waals surface area contributed by atoms with Gasteiger partial charge in [-0.05, 0) is 31.4 Å². The monoisotopic (exact) mass is 212 g/mol. The number of aliphatic hydroxyl groups is 1. The van der Waals surface area contributed by atoms with Crippen molar-refractivity contribution in [1.82, 2.24) is 0 Å². The molecule has 0 radical (unpaired) electrons. The molecule has 0 spiro atoms. The Bertz CT molecular complexity index is 314. The van der Waals surface area contributed by atoms with E-state index in [4.69, 9.17) is 16.3 Å². The van der Waals surface area contributed by atoms with Crippen molar-refractivity contribution in [3.8, 4) is 5.75 Å². The summed E-state index contributed by atoms with van der Waals surface area (Å²) in [4.78, 5) is 0. The van der Waals surface area contributed by atoms with Crippen LogP contribution in [0.25, 0.3) is 0 Å². The van der Waals surface area contributed by atoms with Crippen LogP contribution in [-0.2, 0) is 0 Å². The molecule has 1 saturated carbocycles. The van der Waals surface area contributed by atoms with Gasteiger partial charge >= 0.3 is 0 Å². The van der Waals surface area contributed by atoms with Crippen molar-refractivity contribution in [3.05, 3.63) is 29.3 Å². The number of para-hydroxylation sites is 1. The van der Waals surface area contributed by atoms with Gasteiger partial charge in [-0.1, -0.05) is 23.7 Å². The van der Waals surface area contributed by atoms with E-state index in [1.807, 2.05) is 18.2 Å². The zero-order valence-electron chi connectivity index (χ0n) is 7.82. The molecular weight excluding hydrogens is 200 g/mol.